The van der Waals surface area contributed by atoms with Gasteiger partial charge in [-0.25, -0.2) is 4.98 Å². The minimum atomic E-state index is -0.100. The van der Waals surface area contributed by atoms with E-state index in [1.165, 1.54) is 18.3 Å². The molecule has 24 heavy (non-hydrogen) atoms. The van der Waals surface area contributed by atoms with Crippen molar-refractivity contribution in [1.29, 1.82) is 0 Å². The molecule has 8 heteroatoms. The second kappa shape index (κ2) is 7.48. The van der Waals surface area contributed by atoms with E-state index in [4.69, 9.17) is 10.2 Å². The molecule has 2 rings (SSSR count). The number of hydrogen-bond donors (Lipinski definition) is 3. The van der Waals surface area contributed by atoms with Gasteiger partial charge in [0.2, 0.25) is 11.0 Å². The number of nitrogens with one attached hydrogen (secondary N) is 2. The van der Waals surface area contributed by atoms with Gasteiger partial charge in [-0.2, -0.15) is 4.99 Å². The Hall–Kier alpha value is -2.35. The molecular weight excluding hydrogens is 326 g/mol. The first-order valence-electron chi connectivity index (χ1n) is 7.60. The van der Waals surface area contributed by atoms with Crippen LogP contribution < -0.4 is 16.4 Å². The quantitative estimate of drug-likeness (QED) is 0.568. The van der Waals surface area contributed by atoms with Gasteiger partial charge in [0.05, 0.1) is 6.54 Å². The van der Waals surface area contributed by atoms with Crippen molar-refractivity contribution in [2.75, 3.05) is 6.54 Å². The Kier molecular flexibility index (Phi) is 5.61. The van der Waals surface area contributed by atoms with Crippen molar-refractivity contribution in [2.24, 2.45) is 16.1 Å². The first-order valence-corrected chi connectivity index (χ1v) is 8.48. The SMILES string of the molecule is CC(=O)NCc1ccc(-c2csc(/N=C(\N)NCC(C)(C)C)n2)o1. The summed E-state index contributed by atoms with van der Waals surface area (Å²) in [6.45, 7) is 8.89. The van der Waals surface area contributed by atoms with Crippen LogP contribution in [0.15, 0.2) is 26.9 Å². The van der Waals surface area contributed by atoms with Crippen LogP contribution in [0.1, 0.15) is 33.5 Å². The van der Waals surface area contributed by atoms with Crippen LogP contribution >= 0.6 is 11.3 Å². The molecule has 0 aliphatic rings. The lowest BCUT2D eigenvalue weighted by molar-refractivity contribution is -0.119. The number of carbonyl (C=O) groups is 1. The summed E-state index contributed by atoms with van der Waals surface area (Å²) in [5.74, 6) is 1.55. The maximum atomic E-state index is 10.9. The van der Waals surface area contributed by atoms with Gasteiger partial charge in [-0.1, -0.05) is 20.8 Å². The highest BCUT2D eigenvalue weighted by atomic mass is 32.1. The van der Waals surface area contributed by atoms with E-state index in [0.717, 1.165) is 6.54 Å². The van der Waals surface area contributed by atoms with Crippen LogP contribution in [-0.4, -0.2) is 23.4 Å². The third-order valence-corrected chi connectivity index (χ3v) is 3.67. The number of hydrogen-bond acceptors (Lipinski definition) is 5. The summed E-state index contributed by atoms with van der Waals surface area (Å²) < 4.78 is 5.66. The molecule has 0 radical (unpaired) electrons. The highest BCUT2D eigenvalue weighted by molar-refractivity contribution is 7.13. The number of guanidine groups is 1. The first-order chi connectivity index (χ1) is 11.2. The minimum absolute atomic E-state index is 0.100. The highest BCUT2D eigenvalue weighted by Crippen LogP contribution is 2.28. The fourth-order valence-electron chi connectivity index (χ4n) is 1.75. The highest BCUT2D eigenvalue weighted by Gasteiger charge is 2.11. The van der Waals surface area contributed by atoms with Crippen molar-refractivity contribution >= 4 is 28.3 Å². The zero-order chi connectivity index (χ0) is 17.7. The number of aromatic nitrogens is 1. The molecule has 7 nitrogen and oxygen atoms in total. The standard InChI is InChI=1S/C16H23N5O2S/c1-10(22)18-7-11-5-6-13(23-11)12-8-24-15(20-12)21-14(17)19-9-16(2,3)4/h5-6,8H,7,9H2,1-4H3,(H,18,22)(H3,17,19,20,21). The van der Waals surface area contributed by atoms with Crippen molar-refractivity contribution < 1.29 is 9.21 Å². The summed E-state index contributed by atoms with van der Waals surface area (Å²) in [6.07, 6.45) is 0. The summed E-state index contributed by atoms with van der Waals surface area (Å²) in [4.78, 5) is 19.6. The van der Waals surface area contributed by atoms with Crippen molar-refractivity contribution in [3.63, 3.8) is 0 Å². The molecule has 0 unspecified atom stereocenters. The molecular formula is C16H23N5O2S. The van der Waals surface area contributed by atoms with Gasteiger partial charge < -0.3 is 20.8 Å². The van der Waals surface area contributed by atoms with Crippen LogP contribution in [0.25, 0.3) is 11.5 Å². The molecule has 0 aliphatic heterocycles. The van der Waals surface area contributed by atoms with Gasteiger partial charge in [-0.3, -0.25) is 4.79 Å². The number of carbonyl (C=O) groups excluding carboxylic acids is 1. The molecule has 4 N–H and O–H groups in total. The van der Waals surface area contributed by atoms with E-state index in [9.17, 15) is 4.79 Å². The van der Waals surface area contributed by atoms with Gasteiger partial charge in [0.25, 0.3) is 0 Å². The minimum Gasteiger partial charge on any atom is -0.458 e. The van der Waals surface area contributed by atoms with E-state index in [2.05, 4.69) is 41.4 Å². The number of furan rings is 1. The number of amides is 1. The van der Waals surface area contributed by atoms with Crippen LogP contribution in [0.3, 0.4) is 0 Å². The summed E-state index contributed by atoms with van der Waals surface area (Å²) in [5, 5.41) is 8.19. The molecule has 0 saturated carbocycles. The van der Waals surface area contributed by atoms with Crippen molar-refractivity contribution in [1.82, 2.24) is 15.6 Å². The lowest BCUT2D eigenvalue weighted by Gasteiger charge is -2.18. The smallest absolute Gasteiger partial charge is 0.217 e. The van der Waals surface area contributed by atoms with Gasteiger partial charge >= 0.3 is 0 Å². The van der Waals surface area contributed by atoms with Crippen molar-refractivity contribution in [2.45, 2.75) is 34.2 Å². The largest absolute Gasteiger partial charge is 0.458 e. The van der Waals surface area contributed by atoms with Crippen molar-refractivity contribution in [3.05, 3.63) is 23.3 Å². The molecule has 1 amide bonds. The average Bonchev–Trinajstić information content (AvgIpc) is 3.11. The predicted octanol–water partition coefficient (Wildman–Crippen LogP) is 2.62. The molecule has 0 saturated heterocycles. The number of rotatable bonds is 5. The molecule has 0 aromatic carbocycles. The predicted molar refractivity (Wildman–Crippen MR) is 96.1 cm³/mol. The molecule has 0 spiro atoms. The van der Waals surface area contributed by atoms with Crippen LogP contribution in [0.2, 0.25) is 0 Å². The molecule has 130 valence electrons. The summed E-state index contributed by atoms with van der Waals surface area (Å²) in [6, 6.07) is 3.63. The van der Waals surface area contributed by atoms with Gasteiger partial charge in [-0.05, 0) is 17.5 Å². The number of thiazole rings is 1. The molecule has 0 bridgehead atoms. The number of nitrogens with two attached hydrogens (primary N) is 1. The lowest BCUT2D eigenvalue weighted by Crippen LogP contribution is -2.37. The zero-order valence-electron chi connectivity index (χ0n) is 14.3. The van der Waals surface area contributed by atoms with Gasteiger partial charge in [0, 0.05) is 18.8 Å². The Bertz CT molecular complexity index is 727. The Morgan fingerprint density at radius 1 is 1.38 bits per heavy atom. The topological polar surface area (TPSA) is 106 Å². The fourth-order valence-corrected chi connectivity index (χ4v) is 2.44. The molecule has 2 aromatic heterocycles. The van der Waals surface area contributed by atoms with Crippen LogP contribution in [0, 0.1) is 5.41 Å². The van der Waals surface area contributed by atoms with E-state index in [1.54, 1.807) is 0 Å². The molecule has 0 aliphatic carbocycles. The average molecular weight is 349 g/mol. The van der Waals surface area contributed by atoms with Crippen LogP contribution in [0.5, 0.6) is 0 Å². The summed E-state index contributed by atoms with van der Waals surface area (Å²) >= 11 is 1.39. The Balaban J connectivity index is 2.01. The maximum Gasteiger partial charge on any atom is 0.217 e. The Morgan fingerprint density at radius 3 is 2.79 bits per heavy atom. The second-order valence-electron chi connectivity index (χ2n) is 6.60. The third-order valence-electron chi connectivity index (χ3n) is 2.93. The zero-order valence-corrected chi connectivity index (χ0v) is 15.2. The van der Waals surface area contributed by atoms with E-state index in [0.29, 0.717) is 34.9 Å². The van der Waals surface area contributed by atoms with E-state index >= 15 is 0 Å². The summed E-state index contributed by atoms with van der Waals surface area (Å²) in [7, 11) is 0. The number of nitrogens with zero attached hydrogens (tertiary/aromatic N) is 2. The molecule has 2 heterocycles. The lowest BCUT2D eigenvalue weighted by atomic mass is 9.97. The van der Waals surface area contributed by atoms with Gasteiger partial charge in [-0.15, -0.1) is 11.3 Å². The van der Waals surface area contributed by atoms with Crippen LogP contribution in [0.4, 0.5) is 5.13 Å². The monoisotopic (exact) mass is 349 g/mol. The Labute approximate surface area is 145 Å². The van der Waals surface area contributed by atoms with Gasteiger partial charge in [0.1, 0.15) is 11.5 Å². The van der Waals surface area contributed by atoms with E-state index in [-0.39, 0.29) is 11.3 Å². The molecule has 0 fully saturated rings. The summed E-state index contributed by atoms with van der Waals surface area (Å²) in [5.41, 5.74) is 6.68. The maximum absolute atomic E-state index is 10.9. The number of aliphatic imine (C=N–C) groups is 1. The molecule has 2 aromatic rings. The van der Waals surface area contributed by atoms with Crippen LogP contribution in [-0.2, 0) is 11.3 Å². The van der Waals surface area contributed by atoms with E-state index in [1.807, 2.05) is 17.5 Å². The van der Waals surface area contributed by atoms with Gasteiger partial charge in [0.15, 0.2) is 11.7 Å². The normalized spacial score (nSPS) is 12.2. The Morgan fingerprint density at radius 2 is 2.12 bits per heavy atom. The van der Waals surface area contributed by atoms with E-state index < -0.39 is 0 Å². The van der Waals surface area contributed by atoms with Crippen molar-refractivity contribution in [3.8, 4) is 11.5 Å². The second-order valence-corrected chi connectivity index (χ2v) is 7.44. The third kappa shape index (κ3) is 5.69. The first kappa shape index (κ1) is 18.0. The molecule has 0 atom stereocenters. The fraction of sp³-hybridized carbons (Fsp3) is 0.438.